The molecule has 2 aromatic carbocycles. The summed E-state index contributed by atoms with van der Waals surface area (Å²) in [5.74, 6) is 0.807. The number of benzene rings is 2. The summed E-state index contributed by atoms with van der Waals surface area (Å²) >= 11 is -1.92. The molecule has 2 rings (SSSR count). The van der Waals surface area contributed by atoms with E-state index in [2.05, 4.69) is 0 Å². The van der Waals surface area contributed by atoms with E-state index < -0.39 is 11.1 Å². The first-order valence-corrected chi connectivity index (χ1v) is 6.17. The number of ether oxygens (including phenoxy) is 1. The molecule has 0 amide bonds. The Bertz CT molecular complexity index is 523. The molecule has 1 unspecified atom stereocenters. The summed E-state index contributed by atoms with van der Waals surface area (Å²) in [6, 6.07) is 14.6. The van der Waals surface area contributed by atoms with Crippen molar-refractivity contribution in [2.75, 3.05) is 7.11 Å². The molecule has 0 fully saturated rings. The van der Waals surface area contributed by atoms with E-state index >= 15 is 0 Å². The van der Waals surface area contributed by atoms with Crippen LogP contribution in [0, 0.1) is 0 Å². The van der Waals surface area contributed by atoms with Crippen LogP contribution in [0.25, 0.3) is 11.1 Å². The van der Waals surface area contributed by atoms with E-state index in [9.17, 15) is 4.21 Å². The minimum absolute atomic E-state index is 0. The normalized spacial score (nSPS) is 11.4. The molecule has 0 saturated heterocycles. The summed E-state index contributed by atoms with van der Waals surface area (Å²) in [6.45, 7) is 0. The third-order valence-electron chi connectivity index (χ3n) is 2.48. The Labute approximate surface area is 121 Å². The van der Waals surface area contributed by atoms with Crippen LogP contribution >= 0.6 is 0 Å². The average molecular weight is 256 g/mol. The Morgan fingerprint density at radius 1 is 0.944 bits per heavy atom. The average Bonchev–Trinajstić information content (AvgIpc) is 2.39. The van der Waals surface area contributed by atoms with Crippen LogP contribution in [-0.4, -0.2) is 34.7 Å². The molecule has 0 aliphatic carbocycles. The third kappa shape index (κ3) is 3.47. The summed E-state index contributed by atoms with van der Waals surface area (Å²) in [7, 11) is 1.63. The van der Waals surface area contributed by atoms with Crippen molar-refractivity contribution in [3.8, 4) is 16.9 Å². The van der Waals surface area contributed by atoms with Crippen molar-refractivity contribution < 1.29 is 13.5 Å². The van der Waals surface area contributed by atoms with Crippen molar-refractivity contribution in [1.29, 1.82) is 0 Å². The molecular formula is C13H13LiO3S. The van der Waals surface area contributed by atoms with Gasteiger partial charge >= 0.3 is 18.9 Å². The molecule has 0 aliphatic heterocycles. The SMILES string of the molecule is COc1ccc(-c2ccc(S(=O)O)cc2)cc1.[LiH]. The van der Waals surface area contributed by atoms with E-state index in [1.165, 1.54) is 0 Å². The monoisotopic (exact) mass is 256 g/mol. The van der Waals surface area contributed by atoms with Crippen LogP contribution in [0.5, 0.6) is 5.75 Å². The quantitative estimate of drug-likeness (QED) is 0.677. The first kappa shape index (κ1) is 15.0. The molecule has 5 heteroatoms. The summed E-state index contributed by atoms with van der Waals surface area (Å²) in [4.78, 5) is 0.405. The van der Waals surface area contributed by atoms with Crippen molar-refractivity contribution in [3.05, 3.63) is 48.5 Å². The molecule has 0 radical (unpaired) electrons. The Balaban J connectivity index is 0.00000162. The van der Waals surface area contributed by atoms with Gasteiger partial charge in [0.2, 0.25) is 0 Å². The fraction of sp³-hybridized carbons (Fsp3) is 0.0769. The van der Waals surface area contributed by atoms with Gasteiger partial charge in [-0.15, -0.1) is 0 Å². The Morgan fingerprint density at radius 2 is 1.39 bits per heavy atom. The van der Waals surface area contributed by atoms with E-state index in [1.807, 2.05) is 36.4 Å². The van der Waals surface area contributed by atoms with Gasteiger partial charge in [0, 0.05) is 0 Å². The van der Waals surface area contributed by atoms with Gasteiger partial charge in [0.25, 0.3) is 0 Å². The van der Waals surface area contributed by atoms with Gasteiger partial charge in [-0.05, 0) is 35.4 Å². The number of methoxy groups -OCH3 is 1. The van der Waals surface area contributed by atoms with Gasteiger partial charge < -0.3 is 9.29 Å². The third-order valence-corrected chi connectivity index (χ3v) is 3.15. The zero-order valence-corrected chi connectivity index (χ0v) is 10.1. The molecule has 1 N–H and O–H groups in total. The number of hydrogen-bond acceptors (Lipinski definition) is 2. The molecular weight excluding hydrogens is 243 g/mol. The Morgan fingerprint density at radius 3 is 1.78 bits per heavy atom. The van der Waals surface area contributed by atoms with Crippen molar-refractivity contribution in [3.63, 3.8) is 0 Å². The molecule has 0 aliphatic rings. The van der Waals surface area contributed by atoms with Gasteiger partial charge in [0.15, 0.2) is 11.1 Å². The molecule has 0 aromatic heterocycles. The zero-order chi connectivity index (χ0) is 12.3. The fourth-order valence-electron chi connectivity index (χ4n) is 1.55. The molecule has 0 bridgehead atoms. The van der Waals surface area contributed by atoms with E-state index in [4.69, 9.17) is 9.29 Å². The van der Waals surface area contributed by atoms with Gasteiger partial charge in [-0.2, -0.15) is 0 Å². The van der Waals surface area contributed by atoms with Crippen LogP contribution in [-0.2, 0) is 11.1 Å². The van der Waals surface area contributed by atoms with Crippen molar-refractivity contribution in [1.82, 2.24) is 0 Å². The molecule has 0 heterocycles. The van der Waals surface area contributed by atoms with E-state index in [0.29, 0.717) is 4.90 Å². The standard InChI is InChI=1S/C13H12O3S.Li.H/c1-16-12-6-2-10(3-7-12)11-4-8-13(9-5-11)17(14)15;;/h2-9H,1H3,(H,14,15);;. The van der Waals surface area contributed by atoms with Gasteiger partial charge in [0.1, 0.15) is 5.75 Å². The van der Waals surface area contributed by atoms with Crippen molar-refractivity contribution >= 4 is 29.9 Å². The number of hydrogen-bond donors (Lipinski definition) is 1. The molecule has 90 valence electrons. The molecule has 2 aromatic rings. The van der Waals surface area contributed by atoms with Gasteiger partial charge in [0.05, 0.1) is 12.0 Å². The predicted octanol–water partition coefficient (Wildman–Crippen LogP) is 2.29. The summed E-state index contributed by atoms with van der Waals surface area (Å²) in [5, 5.41) is 0. The van der Waals surface area contributed by atoms with Crippen molar-refractivity contribution in [2.45, 2.75) is 4.90 Å². The Kier molecular flexibility index (Phi) is 5.64. The van der Waals surface area contributed by atoms with Crippen LogP contribution in [0.4, 0.5) is 0 Å². The van der Waals surface area contributed by atoms with Gasteiger partial charge in [-0.1, -0.05) is 24.3 Å². The predicted molar refractivity (Wildman–Crippen MR) is 74.6 cm³/mol. The molecule has 1 atom stereocenters. The maximum absolute atomic E-state index is 10.8. The minimum atomic E-state index is -1.92. The molecule has 18 heavy (non-hydrogen) atoms. The molecule has 0 spiro atoms. The summed E-state index contributed by atoms with van der Waals surface area (Å²) in [5.41, 5.74) is 2.04. The van der Waals surface area contributed by atoms with E-state index in [0.717, 1.165) is 16.9 Å². The second-order valence-corrected chi connectivity index (χ2v) is 4.47. The summed E-state index contributed by atoms with van der Waals surface area (Å²) < 4.78 is 24.8. The first-order chi connectivity index (χ1) is 8.20. The second-order valence-electron chi connectivity index (χ2n) is 3.50. The topological polar surface area (TPSA) is 46.5 Å². The van der Waals surface area contributed by atoms with Crippen LogP contribution in [0.2, 0.25) is 0 Å². The van der Waals surface area contributed by atoms with Crippen LogP contribution in [0.15, 0.2) is 53.4 Å². The fourth-order valence-corrected chi connectivity index (χ4v) is 1.92. The second kappa shape index (κ2) is 6.77. The van der Waals surface area contributed by atoms with Crippen LogP contribution < -0.4 is 4.74 Å². The van der Waals surface area contributed by atoms with E-state index in [-0.39, 0.29) is 18.9 Å². The van der Waals surface area contributed by atoms with Gasteiger partial charge in [-0.25, -0.2) is 4.21 Å². The van der Waals surface area contributed by atoms with Crippen LogP contribution in [0.1, 0.15) is 0 Å². The zero-order valence-electron chi connectivity index (χ0n) is 9.29. The molecule has 0 saturated carbocycles. The van der Waals surface area contributed by atoms with E-state index in [1.54, 1.807) is 19.2 Å². The number of rotatable bonds is 3. The van der Waals surface area contributed by atoms with Crippen molar-refractivity contribution in [2.24, 2.45) is 0 Å². The Hall–Kier alpha value is -1.05. The maximum atomic E-state index is 10.8. The summed E-state index contributed by atoms with van der Waals surface area (Å²) in [6.07, 6.45) is 0. The first-order valence-electron chi connectivity index (χ1n) is 5.06. The van der Waals surface area contributed by atoms with Gasteiger partial charge in [-0.3, -0.25) is 0 Å². The molecule has 3 nitrogen and oxygen atoms in total. The van der Waals surface area contributed by atoms with Crippen LogP contribution in [0.3, 0.4) is 0 Å².